The molecule has 1 aliphatic rings. The highest BCUT2D eigenvalue weighted by atomic mass is 16.4. The largest absolute Gasteiger partial charge is 0.477 e. The Morgan fingerprint density at radius 1 is 1.59 bits per heavy atom. The average molecular weight is 237 g/mol. The number of carboxylic acid groups (broad SMARTS) is 1. The number of nitrogens with zero attached hydrogens (tertiary/aromatic N) is 3. The normalized spacial score (nSPS) is 15.0. The molecule has 1 saturated carbocycles. The van der Waals surface area contributed by atoms with Crippen LogP contribution in [-0.2, 0) is 7.05 Å². The molecule has 1 N–H and O–H groups in total. The molecule has 0 aromatic carbocycles. The highest BCUT2D eigenvalue weighted by Crippen LogP contribution is 2.34. The summed E-state index contributed by atoms with van der Waals surface area (Å²) in [4.78, 5) is 13.5. The lowest BCUT2D eigenvalue weighted by atomic mass is 10.2. The predicted octanol–water partition coefficient (Wildman–Crippen LogP) is 1.81. The minimum Gasteiger partial charge on any atom is -0.477 e. The number of aryl methyl sites for hydroxylation is 2. The van der Waals surface area contributed by atoms with Gasteiger partial charge in [0.05, 0.1) is 5.69 Å². The maximum absolute atomic E-state index is 11.3. The minimum atomic E-state index is -0.882. The van der Waals surface area contributed by atoms with Crippen LogP contribution in [0.5, 0.6) is 0 Å². The first-order valence-corrected chi connectivity index (χ1v) is 6.09. The summed E-state index contributed by atoms with van der Waals surface area (Å²) in [5.74, 6) is -0.119. The predicted molar refractivity (Wildman–Crippen MR) is 65.6 cm³/mol. The van der Waals surface area contributed by atoms with Crippen molar-refractivity contribution in [1.82, 2.24) is 9.78 Å². The molecule has 0 aliphatic heterocycles. The molecule has 17 heavy (non-hydrogen) atoms. The number of carbonyl (C=O) groups is 1. The molecule has 0 atom stereocenters. The van der Waals surface area contributed by atoms with Gasteiger partial charge in [0.2, 0.25) is 0 Å². The molecule has 1 aliphatic carbocycles. The highest BCUT2D eigenvalue weighted by molar-refractivity contribution is 5.95. The monoisotopic (exact) mass is 237 g/mol. The van der Waals surface area contributed by atoms with Crippen molar-refractivity contribution in [3.05, 3.63) is 11.3 Å². The summed E-state index contributed by atoms with van der Waals surface area (Å²) in [6, 6.07) is 0.503. The maximum atomic E-state index is 11.3. The van der Waals surface area contributed by atoms with E-state index in [1.165, 1.54) is 0 Å². The maximum Gasteiger partial charge on any atom is 0.341 e. The van der Waals surface area contributed by atoms with Crippen molar-refractivity contribution in [2.24, 2.45) is 7.05 Å². The molecule has 5 nitrogen and oxygen atoms in total. The van der Waals surface area contributed by atoms with Crippen LogP contribution in [0.2, 0.25) is 0 Å². The zero-order valence-corrected chi connectivity index (χ0v) is 10.6. The van der Waals surface area contributed by atoms with E-state index in [2.05, 4.69) is 16.9 Å². The second-order valence-electron chi connectivity index (χ2n) is 4.64. The molecule has 1 heterocycles. The number of anilines is 1. The molecule has 0 amide bonds. The van der Waals surface area contributed by atoms with Crippen molar-refractivity contribution >= 4 is 11.8 Å². The van der Waals surface area contributed by atoms with Gasteiger partial charge in [-0.15, -0.1) is 0 Å². The van der Waals surface area contributed by atoms with Gasteiger partial charge in [-0.25, -0.2) is 4.79 Å². The van der Waals surface area contributed by atoms with E-state index in [1.54, 1.807) is 11.6 Å². The van der Waals surface area contributed by atoms with Crippen LogP contribution >= 0.6 is 0 Å². The summed E-state index contributed by atoms with van der Waals surface area (Å²) in [5.41, 5.74) is 0.949. The topological polar surface area (TPSA) is 58.4 Å². The Balaban J connectivity index is 2.44. The number of carboxylic acids is 1. The zero-order valence-electron chi connectivity index (χ0n) is 10.6. The highest BCUT2D eigenvalue weighted by Gasteiger charge is 2.34. The van der Waals surface area contributed by atoms with E-state index >= 15 is 0 Å². The van der Waals surface area contributed by atoms with Crippen molar-refractivity contribution in [2.45, 2.75) is 39.2 Å². The Morgan fingerprint density at radius 2 is 2.24 bits per heavy atom. The van der Waals surface area contributed by atoms with Gasteiger partial charge in [0, 0.05) is 19.6 Å². The number of hydrogen-bond donors (Lipinski definition) is 1. The fourth-order valence-corrected chi connectivity index (χ4v) is 2.31. The van der Waals surface area contributed by atoms with Crippen LogP contribution < -0.4 is 4.90 Å². The third-order valence-electron chi connectivity index (χ3n) is 3.13. The third kappa shape index (κ3) is 2.14. The number of hydrogen-bond acceptors (Lipinski definition) is 3. The third-order valence-corrected chi connectivity index (χ3v) is 3.13. The molecule has 2 rings (SSSR count). The first kappa shape index (κ1) is 12.0. The molecule has 5 heteroatoms. The smallest absolute Gasteiger partial charge is 0.341 e. The Labute approximate surface area is 101 Å². The summed E-state index contributed by atoms with van der Waals surface area (Å²) in [6.45, 7) is 4.76. The van der Waals surface area contributed by atoms with Gasteiger partial charge < -0.3 is 10.0 Å². The first-order valence-electron chi connectivity index (χ1n) is 6.09. The Hall–Kier alpha value is -1.52. The van der Waals surface area contributed by atoms with Crippen LogP contribution in [-0.4, -0.2) is 33.4 Å². The molecule has 0 bridgehead atoms. The van der Waals surface area contributed by atoms with Crippen molar-refractivity contribution in [1.29, 1.82) is 0 Å². The van der Waals surface area contributed by atoms with E-state index in [0.717, 1.165) is 31.6 Å². The summed E-state index contributed by atoms with van der Waals surface area (Å²) in [5, 5.41) is 13.5. The lowest BCUT2D eigenvalue weighted by Gasteiger charge is -2.24. The fourth-order valence-electron chi connectivity index (χ4n) is 2.31. The van der Waals surface area contributed by atoms with Crippen LogP contribution in [0.4, 0.5) is 5.82 Å². The van der Waals surface area contributed by atoms with E-state index < -0.39 is 5.97 Å². The van der Waals surface area contributed by atoms with Crippen molar-refractivity contribution in [2.75, 3.05) is 11.4 Å². The summed E-state index contributed by atoms with van der Waals surface area (Å²) >= 11 is 0. The number of aromatic carboxylic acids is 1. The van der Waals surface area contributed by atoms with Crippen molar-refractivity contribution in [3.8, 4) is 0 Å². The summed E-state index contributed by atoms with van der Waals surface area (Å²) in [6.07, 6.45) is 3.33. The van der Waals surface area contributed by atoms with Crippen LogP contribution in [0.3, 0.4) is 0 Å². The molecule has 94 valence electrons. The first-order chi connectivity index (χ1) is 8.06. The molecular formula is C12H19N3O2. The molecule has 0 unspecified atom stereocenters. The fraction of sp³-hybridized carbons (Fsp3) is 0.667. The second kappa shape index (κ2) is 4.39. The van der Waals surface area contributed by atoms with E-state index in [9.17, 15) is 9.90 Å². The van der Waals surface area contributed by atoms with Gasteiger partial charge in [-0.05, 0) is 26.2 Å². The van der Waals surface area contributed by atoms with Crippen LogP contribution in [0.25, 0.3) is 0 Å². The molecule has 1 aromatic rings. The van der Waals surface area contributed by atoms with Gasteiger partial charge in [0.25, 0.3) is 0 Å². The quantitative estimate of drug-likeness (QED) is 0.848. The Morgan fingerprint density at radius 3 is 2.71 bits per heavy atom. The molecular weight excluding hydrogens is 218 g/mol. The molecule has 0 radical (unpaired) electrons. The minimum absolute atomic E-state index is 0.354. The SMILES string of the molecule is CCCN(c1c(C(=O)O)c(C)nn1C)C1CC1. The Kier molecular flexibility index (Phi) is 3.09. The van der Waals surface area contributed by atoms with E-state index in [0.29, 0.717) is 17.3 Å². The summed E-state index contributed by atoms with van der Waals surface area (Å²) in [7, 11) is 1.82. The van der Waals surface area contributed by atoms with Gasteiger partial charge in [-0.3, -0.25) is 4.68 Å². The standard InChI is InChI=1S/C12H19N3O2/c1-4-7-15(9-5-6-9)11-10(12(16)17)8(2)13-14(11)3/h9H,4-7H2,1-3H3,(H,16,17). The van der Waals surface area contributed by atoms with Gasteiger partial charge in [0.1, 0.15) is 11.4 Å². The zero-order chi connectivity index (χ0) is 12.6. The molecule has 0 spiro atoms. The molecule has 1 fully saturated rings. The molecule has 1 aromatic heterocycles. The van der Waals surface area contributed by atoms with Crippen molar-refractivity contribution in [3.63, 3.8) is 0 Å². The van der Waals surface area contributed by atoms with Crippen LogP contribution in [0.15, 0.2) is 0 Å². The number of aromatic nitrogens is 2. The second-order valence-corrected chi connectivity index (χ2v) is 4.64. The lowest BCUT2D eigenvalue weighted by Crippen LogP contribution is -2.30. The lowest BCUT2D eigenvalue weighted by molar-refractivity contribution is 0.0696. The Bertz CT molecular complexity index is 435. The van der Waals surface area contributed by atoms with Gasteiger partial charge in [-0.1, -0.05) is 6.92 Å². The molecule has 0 saturated heterocycles. The van der Waals surface area contributed by atoms with Gasteiger partial charge in [0.15, 0.2) is 0 Å². The van der Waals surface area contributed by atoms with Crippen molar-refractivity contribution < 1.29 is 9.90 Å². The van der Waals surface area contributed by atoms with E-state index in [4.69, 9.17) is 0 Å². The van der Waals surface area contributed by atoms with E-state index in [1.807, 2.05) is 7.05 Å². The van der Waals surface area contributed by atoms with E-state index in [-0.39, 0.29) is 0 Å². The average Bonchev–Trinajstić information content (AvgIpc) is 3.01. The van der Waals surface area contributed by atoms with Crippen LogP contribution in [0.1, 0.15) is 42.2 Å². The summed E-state index contributed by atoms with van der Waals surface area (Å²) < 4.78 is 1.70. The number of rotatable bonds is 5. The van der Waals surface area contributed by atoms with Gasteiger partial charge >= 0.3 is 5.97 Å². The van der Waals surface area contributed by atoms with Crippen LogP contribution in [0, 0.1) is 6.92 Å². The van der Waals surface area contributed by atoms with Gasteiger partial charge in [-0.2, -0.15) is 5.10 Å².